The van der Waals surface area contributed by atoms with Crippen molar-refractivity contribution >= 4 is 17.5 Å². The molecule has 1 aromatic carbocycles. The number of hydrogen-bond donors (Lipinski definition) is 1. The van der Waals surface area contributed by atoms with Gasteiger partial charge in [0.2, 0.25) is 17.7 Å². The van der Waals surface area contributed by atoms with E-state index in [2.05, 4.69) is 76.7 Å². The van der Waals surface area contributed by atoms with Gasteiger partial charge < -0.3 is 33.6 Å². The fourth-order valence-corrected chi connectivity index (χ4v) is 6.88. The van der Waals surface area contributed by atoms with E-state index < -0.39 is 5.91 Å². The van der Waals surface area contributed by atoms with E-state index in [-0.39, 0.29) is 34.4 Å². The van der Waals surface area contributed by atoms with Gasteiger partial charge in [-0.1, -0.05) is 12.1 Å². The molecule has 2 saturated heterocycles. The van der Waals surface area contributed by atoms with E-state index in [9.17, 15) is 4.79 Å². The molecule has 0 radical (unpaired) electrons. The van der Waals surface area contributed by atoms with Crippen LogP contribution in [0, 0.1) is 6.92 Å². The van der Waals surface area contributed by atoms with Crippen molar-refractivity contribution in [1.82, 2.24) is 19.8 Å². The number of fused-ring (bicyclic) bond motifs is 1. The maximum atomic E-state index is 13.4. The summed E-state index contributed by atoms with van der Waals surface area (Å²) in [6.45, 7) is 19.6. The largest absolute Gasteiger partial charge is 0.479 e. The van der Waals surface area contributed by atoms with Gasteiger partial charge in [-0.3, -0.25) is 14.6 Å². The van der Waals surface area contributed by atoms with E-state index in [1.165, 1.54) is 25.3 Å². The van der Waals surface area contributed by atoms with Crippen LogP contribution in [0.3, 0.4) is 0 Å². The summed E-state index contributed by atoms with van der Waals surface area (Å²) in [7, 11) is 3.03. The molecule has 0 bridgehead atoms. The van der Waals surface area contributed by atoms with E-state index in [1.54, 1.807) is 6.07 Å². The Morgan fingerprint density at radius 1 is 0.872 bits per heavy atom. The van der Waals surface area contributed by atoms with Crippen LogP contribution in [-0.2, 0) is 27.1 Å². The summed E-state index contributed by atoms with van der Waals surface area (Å²) in [6, 6.07) is 7.94. The number of anilines is 2. The highest BCUT2D eigenvalue weighted by molar-refractivity contribution is 6.03. The van der Waals surface area contributed by atoms with Crippen molar-refractivity contribution in [3.63, 3.8) is 0 Å². The third-order valence-electron chi connectivity index (χ3n) is 9.48. The van der Waals surface area contributed by atoms with E-state index in [0.29, 0.717) is 18.1 Å². The molecule has 6 rings (SSSR count). The molecular formula is C35H48N6O6. The van der Waals surface area contributed by atoms with Crippen LogP contribution in [-0.4, -0.2) is 105 Å². The number of nitrogens with zero attached hydrogens (tertiary/aromatic N) is 5. The average Bonchev–Trinajstić information content (AvgIpc) is 3.59. The highest BCUT2D eigenvalue weighted by Crippen LogP contribution is 2.47. The Morgan fingerprint density at radius 3 is 2.09 bits per heavy atom. The van der Waals surface area contributed by atoms with Gasteiger partial charge in [0.05, 0.1) is 38.6 Å². The van der Waals surface area contributed by atoms with Crippen molar-refractivity contribution in [3.8, 4) is 11.8 Å². The van der Waals surface area contributed by atoms with Crippen LogP contribution < -0.4 is 19.7 Å². The number of piperazine rings is 1. The van der Waals surface area contributed by atoms with Gasteiger partial charge in [0.25, 0.3) is 5.91 Å². The number of rotatable bonds is 10. The number of hydrogen-bond acceptors (Lipinski definition) is 11. The summed E-state index contributed by atoms with van der Waals surface area (Å²) in [5.74, 6) is 1.37. The predicted molar refractivity (Wildman–Crippen MR) is 179 cm³/mol. The lowest BCUT2D eigenvalue weighted by atomic mass is 9.86. The molecule has 12 nitrogen and oxygen atoms in total. The Bertz CT molecular complexity index is 1560. The number of ether oxygens (including phenoxy) is 4. The summed E-state index contributed by atoms with van der Waals surface area (Å²) in [6.07, 6.45) is 0.549. The van der Waals surface area contributed by atoms with Crippen molar-refractivity contribution < 1.29 is 28.2 Å². The quantitative estimate of drug-likeness (QED) is 0.341. The lowest BCUT2D eigenvalue weighted by Gasteiger charge is -2.36. The van der Waals surface area contributed by atoms with E-state index in [4.69, 9.17) is 23.4 Å². The van der Waals surface area contributed by atoms with Crippen LogP contribution in [0.5, 0.6) is 11.8 Å². The summed E-state index contributed by atoms with van der Waals surface area (Å²) in [5.41, 5.74) is 4.20. The highest BCUT2D eigenvalue weighted by atomic mass is 16.5. The first-order chi connectivity index (χ1) is 22.5. The zero-order valence-corrected chi connectivity index (χ0v) is 28.8. The van der Waals surface area contributed by atoms with Gasteiger partial charge >= 0.3 is 0 Å². The zero-order chi connectivity index (χ0) is 33.3. The second-order valence-electron chi connectivity index (χ2n) is 13.5. The molecule has 0 spiro atoms. The fraction of sp³-hybridized carbons (Fsp3) is 0.571. The molecule has 254 valence electrons. The van der Waals surface area contributed by atoms with Crippen molar-refractivity contribution in [1.29, 1.82) is 0 Å². The lowest BCUT2D eigenvalue weighted by Crippen LogP contribution is -2.49. The van der Waals surface area contributed by atoms with Crippen LogP contribution >= 0.6 is 0 Å². The minimum Gasteiger partial charge on any atom is -0.479 e. The molecule has 12 heteroatoms. The van der Waals surface area contributed by atoms with Gasteiger partial charge in [0.1, 0.15) is 5.76 Å². The van der Waals surface area contributed by atoms with Crippen LogP contribution in [0.25, 0.3) is 0 Å². The smallest absolute Gasteiger partial charge is 0.291 e. The molecule has 0 atom stereocenters. The predicted octanol–water partition coefficient (Wildman–Crippen LogP) is 4.19. The third-order valence-corrected chi connectivity index (χ3v) is 9.48. The Kier molecular flexibility index (Phi) is 9.48. The average molecular weight is 649 g/mol. The normalized spacial score (nSPS) is 19.4. The Labute approximate surface area is 277 Å². The van der Waals surface area contributed by atoms with Gasteiger partial charge in [0.15, 0.2) is 11.4 Å². The molecule has 47 heavy (non-hydrogen) atoms. The molecule has 5 heterocycles. The maximum Gasteiger partial charge on any atom is 0.291 e. The molecule has 3 aromatic rings. The second kappa shape index (κ2) is 13.4. The van der Waals surface area contributed by atoms with Crippen molar-refractivity contribution in [2.75, 3.05) is 90.0 Å². The van der Waals surface area contributed by atoms with Crippen molar-refractivity contribution in [2.45, 2.75) is 52.2 Å². The molecule has 2 aromatic heterocycles. The van der Waals surface area contributed by atoms with E-state index in [1.807, 2.05) is 6.07 Å². The van der Waals surface area contributed by atoms with Gasteiger partial charge in [-0.25, -0.2) is 0 Å². The van der Waals surface area contributed by atoms with Crippen LogP contribution in [0.1, 0.15) is 66.3 Å². The Hall–Kier alpha value is -3.71. The van der Waals surface area contributed by atoms with E-state index >= 15 is 0 Å². The standard InChI is InChI=1S/C35H48N6O6/c1-23-20-26-27(35(4,5)47-34(26,2)3)22-24(23)21-25-8-9-28(46-25)30(42)36-29-31(43-6)37-33(38-32(29)44-7)41-14-12-39(13-15-41)10-11-40-16-18-45-19-17-40/h8-9,20,22H,10-19,21H2,1-7H3,(H,36,42). The molecule has 2 fully saturated rings. The number of nitrogens with one attached hydrogen (secondary N) is 1. The molecule has 0 saturated carbocycles. The SMILES string of the molecule is COc1nc(N2CCN(CCN3CCOCC3)CC2)nc(OC)c1NC(=O)c1ccc(Cc2cc3c(cc2C)C(C)(C)OC3(C)C)o1. The number of furan rings is 1. The van der Waals surface area contributed by atoms with Crippen LogP contribution in [0.4, 0.5) is 11.6 Å². The number of benzene rings is 1. The van der Waals surface area contributed by atoms with Crippen molar-refractivity contribution in [2.24, 2.45) is 0 Å². The Balaban J connectivity index is 1.11. The number of carbonyl (C=O) groups is 1. The number of amides is 1. The number of aromatic nitrogens is 2. The van der Waals surface area contributed by atoms with Gasteiger partial charge in [0, 0.05) is 58.8 Å². The molecule has 1 amide bonds. The van der Waals surface area contributed by atoms with Crippen molar-refractivity contribution in [3.05, 3.63) is 58.0 Å². The minimum atomic E-state index is -0.444. The van der Waals surface area contributed by atoms with Crippen LogP contribution in [0.2, 0.25) is 0 Å². The monoisotopic (exact) mass is 648 g/mol. The Morgan fingerprint density at radius 2 is 1.47 bits per heavy atom. The molecule has 1 N–H and O–H groups in total. The molecule has 3 aliphatic rings. The summed E-state index contributed by atoms with van der Waals surface area (Å²) < 4.78 is 29.1. The van der Waals surface area contributed by atoms with Gasteiger partial charge in [-0.15, -0.1) is 0 Å². The highest BCUT2D eigenvalue weighted by Gasteiger charge is 2.43. The summed E-state index contributed by atoms with van der Waals surface area (Å²) in [5, 5.41) is 2.86. The first-order valence-corrected chi connectivity index (χ1v) is 16.5. The second-order valence-corrected chi connectivity index (χ2v) is 13.5. The molecule has 0 unspecified atom stereocenters. The van der Waals surface area contributed by atoms with E-state index in [0.717, 1.165) is 76.7 Å². The maximum absolute atomic E-state index is 13.4. The van der Waals surface area contributed by atoms with Gasteiger partial charge in [-0.2, -0.15) is 9.97 Å². The number of methoxy groups -OCH3 is 2. The summed E-state index contributed by atoms with van der Waals surface area (Å²) >= 11 is 0. The first-order valence-electron chi connectivity index (χ1n) is 16.5. The third kappa shape index (κ3) is 7.11. The first kappa shape index (κ1) is 33.2. The topological polar surface area (TPSA) is 115 Å². The zero-order valence-electron chi connectivity index (χ0n) is 28.8. The number of morpholine rings is 1. The molecule has 0 aliphatic carbocycles. The number of carbonyl (C=O) groups excluding carboxylic acids is 1. The fourth-order valence-electron chi connectivity index (χ4n) is 6.88. The minimum absolute atomic E-state index is 0.171. The van der Waals surface area contributed by atoms with Gasteiger partial charge in [-0.05, 0) is 69.0 Å². The number of aryl methyl sites for hydroxylation is 1. The summed E-state index contributed by atoms with van der Waals surface area (Å²) in [4.78, 5) is 29.7. The molecule has 3 aliphatic heterocycles. The molecular weight excluding hydrogens is 600 g/mol. The lowest BCUT2D eigenvalue weighted by molar-refractivity contribution is -0.105. The van der Waals surface area contributed by atoms with Crippen LogP contribution in [0.15, 0.2) is 28.7 Å².